The Labute approximate surface area is 107 Å². The molecule has 0 bridgehead atoms. The van der Waals surface area contributed by atoms with E-state index in [0.717, 1.165) is 17.4 Å². The van der Waals surface area contributed by atoms with Crippen LogP contribution >= 0.6 is 0 Å². The molecule has 0 N–H and O–H groups in total. The fourth-order valence-corrected chi connectivity index (χ4v) is 1.90. The minimum absolute atomic E-state index is 0.717. The van der Waals surface area contributed by atoms with Gasteiger partial charge in [-0.3, -0.25) is 0 Å². The van der Waals surface area contributed by atoms with Gasteiger partial charge in [0.2, 0.25) is 9.84 Å². The lowest BCUT2D eigenvalue weighted by atomic mass is 10.0. The molecule has 0 saturated heterocycles. The second-order valence-corrected chi connectivity index (χ2v) is 5.66. The van der Waals surface area contributed by atoms with Crippen molar-refractivity contribution in [3.05, 3.63) is 60.2 Å². The van der Waals surface area contributed by atoms with E-state index >= 15 is 0 Å². The van der Waals surface area contributed by atoms with Crippen LogP contribution in [0.25, 0.3) is 11.1 Å². The van der Waals surface area contributed by atoms with Crippen molar-refractivity contribution < 1.29 is 8.42 Å². The molecule has 90 valence electrons. The molecular formula is C15H12O2S. The smallest absolute Gasteiger partial charge is 0.214 e. The van der Waals surface area contributed by atoms with Gasteiger partial charge < -0.3 is 0 Å². The van der Waals surface area contributed by atoms with Crippen molar-refractivity contribution >= 4 is 9.84 Å². The van der Waals surface area contributed by atoms with Crippen LogP contribution in [0.4, 0.5) is 0 Å². The molecule has 2 aromatic carbocycles. The molecule has 3 heteroatoms. The fourth-order valence-electron chi connectivity index (χ4n) is 1.61. The second kappa shape index (κ2) is 5.07. The number of rotatable bonds is 1. The molecule has 2 aromatic rings. The van der Waals surface area contributed by atoms with Crippen LogP contribution in [0.15, 0.2) is 54.6 Å². The molecule has 2 nitrogen and oxygen atoms in total. The molecule has 2 rings (SSSR count). The lowest BCUT2D eigenvalue weighted by Crippen LogP contribution is -1.90. The number of hydrogen-bond donors (Lipinski definition) is 0. The van der Waals surface area contributed by atoms with E-state index in [2.05, 4.69) is 11.2 Å². The molecule has 0 aromatic heterocycles. The zero-order chi connectivity index (χ0) is 13.0. The minimum atomic E-state index is -3.28. The van der Waals surface area contributed by atoms with Crippen LogP contribution in [-0.2, 0) is 9.84 Å². The van der Waals surface area contributed by atoms with E-state index in [1.54, 1.807) is 0 Å². The summed E-state index contributed by atoms with van der Waals surface area (Å²) in [5.41, 5.74) is 2.68. The van der Waals surface area contributed by atoms with Crippen LogP contribution in [0.3, 0.4) is 0 Å². The Balaban J connectivity index is 2.53. The maximum absolute atomic E-state index is 11.1. The Morgan fingerprint density at radius 3 is 2.17 bits per heavy atom. The first kappa shape index (κ1) is 12.4. The highest BCUT2D eigenvalue weighted by atomic mass is 32.2. The van der Waals surface area contributed by atoms with E-state index in [0.29, 0.717) is 5.56 Å². The highest BCUT2D eigenvalue weighted by Gasteiger charge is 2.02. The van der Waals surface area contributed by atoms with E-state index in [1.807, 2.05) is 54.6 Å². The summed E-state index contributed by atoms with van der Waals surface area (Å²) >= 11 is 0. The molecule has 0 aliphatic carbocycles. The van der Waals surface area contributed by atoms with E-state index in [9.17, 15) is 8.42 Å². The van der Waals surface area contributed by atoms with Crippen molar-refractivity contribution in [1.29, 1.82) is 0 Å². The Morgan fingerprint density at radius 2 is 1.50 bits per heavy atom. The predicted molar refractivity (Wildman–Crippen MR) is 73.6 cm³/mol. The average molecular weight is 256 g/mol. The third-order valence-electron chi connectivity index (χ3n) is 2.38. The van der Waals surface area contributed by atoms with Crippen LogP contribution in [0.1, 0.15) is 5.56 Å². The molecular weight excluding hydrogens is 244 g/mol. The van der Waals surface area contributed by atoms with Crippen LogP contribution < -0.4 is 0 Å². The molecule has 0 aliphatic rings. The maximum atomic E-state index is 11.1. The summed E-state index contributed by atoms with van der Waals surface area (Å²) in [6, 6.07) is 17.3. The van der Waals surface area contributed by atoms with Crippen LogP contribution in [0.5, 0.6) is 0 Å². The SMILES string of the molecule is CS(=O)(=O)C#Cc1ccccc1-c1ccccc1. The van der Waals surface area contributed by atoms with Crippen molar-refractivity contribution in [3.63, 3.8) is 0 Å². The van der Waals surface area contributed by atoms with Gasteiger partial charge in [0.15, 0.2) is 0 Å². The normalized spacial score (nSPS) is 10.5. The first-order valence-electron chi connectivity index (χ1n) is 5.43. The van der Waals surface area contributed by atoms with Gasteiger partial charge >= 0.3 is 0 Å². The highest BCUT2D eigenvalue weighted by Crippen LogP contribution is 2.22. The van der Waals surface area contributed by atoms with Crippen molar-refractivity contribution in [2.45, 2.75) is 0 Å². The lowest BCUT2D eigenvalue weighted by Gasteiger charge is -2.03. The largest absolute Gasteiger partial charge is 0.216 e. The van der Waals surface area contributed by atoms with Gasteiger partial charge in [-0.15, -0.1) is 0 Å². The van der Waals surface area contributed by atoms with Gasteiger partial charge in [0, 0.05) is 10.8 Å². The van der Waals surface area contributed by atoms with Crippen molar-refractivity contribution in [3.8, 4) is 22.3 Å². The third-order valence-corrected chi connectivity index (χ3v) is 2.86. The summed E-state index contributed by atoms with van der Waals surface area (Å²) in [7, 11) is -3.28. The molecule has 0 fully saturated rings. The lowest BCUT2D eigenvalue weighted by molar-refractivity contribution is 0.611. The molecule has 0 heterocycles. The number of benzene rings is 2. The van der Waals surface area contributed by atoms with Gasteiger partial charge in [-0.1, -0.05) is 48.5 Å². The maximum Gasteiger partial charge on any atom is 0.214 e. The number of sulfone groups is 1. The average Bonchev–Trinajstić information content (AvgIpc) is 2.37. The Kier molecular flexibility index (Phi) is 3.50. The first-order chi connectivity index (χ1) is 8.56. The van der Waals surface area contributed by atoms with Gasteiger partial charge in [-0.05, 0) is 23.1 Å². The molecule has 0 saturated carbocycles. The summed E-state index contributed by atoms with van der Waals surface area (Å²) in [4.78, 5) is 0. The van der Waals surface area contributed by atoms with Crippen LogP contribution in [0.2, 0.25) is 0 Å². The number of hydrogen-bond acceptors (Lipinski definition) is 2. The molecule has 0 amide bonds. The first-order valence-corrected chi connectivity index (χ1v) is 7.33. The monoisotopic (exact) mass is 256 g/mol. The van der Waals surface area contributed by atoms with Crippen LogP contribution in [0, 0.1) is 11.2 Å². The van der Waals surface area contributed by atoms with Crippen molar-refractivity contribution in [2.24, 2.45) is 0 Å². The molecule has 0 radical (unpaired) electrons. The van der Waals surface area contributed by atoms with Gasteiger partial charge in [0.25, 0.3) is 0 Å². The zero-order valence-electron chi connectivity index (χ0n) is 9.92. The van der Waals surface area contributed by atoms with Crippen LogP contribution in [-0.4, -0.2) is 14.7 Å². The molecule has 0 atom stereocenters. The van der Waals surface area contributed by atoms with Gasteiger partial charge in [0.1, 0.15) is 0 Å². The fraction of sp³-hybridized carbons (Fsp3) is 0.0667. The van der Waals surface area contributed by atoms with Gasteiger partial charge in [0.05, 0.1) is 6.26 Å². The van der Waals surface area contributed by atoms with E-state index in [-0.39, 0.29) is 0 Å². The standard InChI is InChI=1S/C15H12O2S/c1-18(16,17)12-11-14-9-5-6-10-15(14)13-7-3-2-4-8-13/h2-10H,1H3. The topological polar surface area (TPSA) is 34.1 Å². The second-order valence-electron chi connectivity index (χ2n) is 3.91. The van der Waals surface area contributed by atoms with Crippen molar-refractivity contribution in [2.75, 3.05) is 6.26 Å². The van der Waals surface area contributed by atoms with E-state index in [4.69, 9.17) is 0 Å². The highest BCUT2D eigenvalue weighted by molar-refractivity contribution is 7.95. The van der Waals surface area contributed by atoms with Gasteiger partial charge in [-0.2, -0.15) is 0 Å². The summed E-state index contributed by atoms with van der Waals surface area (Å²) in [5.74, 6) is 2.71. The molecule has 0 aliphatic heterocycles. The summed E-state index contributed by atoms with van der Waals surface area (Å²) in [5, 5.41) is 2.27. The van der Waals surface area contributed by atoms with Gasteiger partial charge in [-0.25, -0.2) is 8.42 Å². The molecule has 0 spiro atoms. The zero-order valence-corrected chi connectivity index (χ0v) is 10.7. The molecule has 0 unspecified atom stereocenters. The molecule has 18 heavy (non-hydrogen) atoms. The predicted octanol–water partition coefficient (Wildman–Crippen LogP) is 2.71. The Bertz CT molecular complexity index is 705. The summed E-state index contributed by atoms with van der Waals surface area (Å²) < 4.78 is 22.2. The Hall–Kier alpha value is -2.05. The van der Waals surface area contributed by atoms with E-state index in [1.165, 1.54) is 0 Å². The summed E-state index contributed by atoms with van der Waals surface area (Å²) in [6.45, 7) is 0. The quantitative estimate of drug-likeness (QED) is 0.735. The Morgan fingerprint density at radius 1 is 0.889 bits per heavy atom. The summed E-state index contributed by atoms with van der Waals surface area (Å²) in [6.07, 6.45) is 1.10. The minimum Gasteiger partial charge on any atom is -0.216 e. The third kappa shape index (κ3) is 3.22. The van der Waals surface area contributed by atoms with Crippen molar-refractivity contribution in [1.82, 2.24) is 0 Å². The van der Waals surface area contributed by atoms with E-state index < -0.39 is 9.84 Å².